The number of likely N-dealkylation sites (N-methyl/N-ethyl adjacent to an activating group) is 2. The summed E-state index contributed by atoms with van der Waals surface area (Å²) in [6.07, 6.45) is 5.10. The van der Waals surface area contributed by atoms with Crippen molar-refractivity contribution < 1.29 is 19.2 Å². The number of benzene rings is 2. The molecule has 2 aromatic heterocycles. The van der Waals surface area contributed by atoms with Crippen LogP contribution >= 0.6 is 0 Å². The standard InChI is InChI=1S/C42H48N8O4/c1-45-39(51)35-33-27-11-6-8-13-29(27)43-31(33)15-4-3-5-16-32-34(28-12-7-9-14-30(28)44-32)36-38(42(54)46(2)40(36)52)50-25-21-48(22-26-50)18-10-17-47-19-23-49(24-20-47)37(35)41(45)53/h6-9,11-14,43-44H,3-5,10,15-26H2,1-2H3. The normalized spacial score (nSPS) is 23.5. The fourth-order valence-electron chi connectivity index (χ4n) is 9.32. The lowest BCUT2D eigenvalue weighted by atomic mass is 9.96. The molecule has 4 amide bonds. The number of amides is 4. The summed E-state index contributed by atoms with van der Waals surface area (Å²) in [7, 11) is 3.20. The number of piperazine rings is 2. The summed E-state index contributed by atoms with van der Waals surface area (Å²) in [4.78, 5) is 74.6. The Kier molecular flexibility index (Phi) is 8.89. The zero-order valence-corrected chi connectivity index (χ0v) is 31.2. The van der Waals surface area contributed by atoms with Crippen LogP contribution in [0.5, 0.6) is 0 Å². The fraction of sp³-hybridized carbons (Fsp3) is 0.429. The van der Waals surface area contributed by atoms with E-state index in [4.69, 9.17) is 0 Å². The molecule has 280 valence electrons. The molecule has 9 heterocycles. The molecular formula is C42H48N8O4. The van der Waals surface area contributed by atoms with Gasteiger partial charge in [0.2, 0.25) is 0 Å². The summed E-state index contributed by atoms with van der Waals surface area (Å²) in [6, 6.07) is 16.1. The third-order valence-electron chi connectivity index (χ3n) is 12.3. The molecule has 0 spiro atoms. The molecule has 12 heteroatoms. The predicted molar refractivity (Wildman–Crippen MR) is 208 cm³/mol. The van der Waals surface area contributed by atoms with Crippen LogP contribution in [-0.4, -0.2) is 143 Å². The molecule has 7 aliphatic heterocycles. The lowest BCUT2D eigenvalue weighted by Crippen LogP contribution is -2.49. The lowest BCUT2D eigenvalue weighted by molar-refractivity contribution is -0.137. The van der Waals surface area contributed by atoms with E-state index in [-0.39, 0.29) is 23.6 Å². The van der Waals surface area contributed by atoms with E-state index in [1.807, 2.05) is 48.5 Å². The number of aromatic nitrogens is 2. The number of rotatable bonds is 0. The van der Waals surface area contributed by atoms with Crippen LogP contribution in [0.15, 0.2) is 59.9 Å². The van der Waals surface area contributed by atoms with Gasteiger partial charge in [0.1, 0.15) is 11.4 Å². The number of aromatic amines is 2. The van der Waals surface area contributed by atoms with E-state index >= 15 is 0 Å². The maximum absolute atomic E-state index is 14.0. The minimum atomic E-state index is -0.240. The molecule has 4 aromatic rings. The van der Waals surface area contributed by atoms with E-state index < -0.39 is 0 Å². The van der Waals surface area contributed by atoms with E-state index in [0.717, 1.165) is 122 Å². The quantitative estimate of drug-likeness (QED) is 0.264. The van der Waals surface area contributed by atoms with E-state index in [1.54, 1.807) is 14.1 Å². The molecule has 0 saturated carbocycles. The number of carbonyl (C=O) groups excluding carboxylic acids is 4. The van der Waals surface area contributed by atoms with Crippen molar-refractivity contribution in [2.75, 3.05) is 79.5 Å². The molecule has 12 nitrogen and oxygen atoms in total. The number of hydrogen-bond donors (Lipinski definition) is 2. The minimum absolute atomic E-state index is 0.221. The SMILES string of the molecule is CN1C(=O)C2=C(C1=O)N1CCN(CCCN3CCN(CC3)C3=C(C(=O)N(C)C3=O)c3c([nH]c4ccccc34)CCCCCc3[nH]c4ccccc4c32)CC1. The highest BCUT2D eigenvalue weighted by molar-refractivity contribution is 6.38. The van der Waals surface area contributed by atoms with Crippen molar-refractivity contribution in [3.05, 3.63) is 82.4 Å². The first-order valence-corrected chi connectivity index (χ1v) is 19.6. The van der Waals surface area contributed by atoms with Gasteiger partial charge in [0, 0.05) is 111 Å². The van der Waals surface area contributed by atoms with Crippen LogP contribution < -0.4 is 0 Å². The summed E-state index contributed by atoms with van der Waals surface area (Å²) in [6.45, 7) is 7.98. The van der Waals surface area contributed by atoms with Gasteiger partial charge in [-0.05, 0) is 57.3 Å². The van der Waals surface area contributed by atoms with Gasteiger partial charge < -0.3 is 19.8 Å². The molecule has 11 rings (SSSR count). The van der Waals surface area contributed by atoms with E-state index in [1.165, 1.54) is 9.80 Å². The van der Waals surface area contributed by atoms with Gasteiger partial charge in [0.25, 0.3) is 23.6 Å². The summed E-state index contributed by atoms with van der Waals surface area (Å²) in [5.41, 5.74) is 7.68. The molecule has 54 heavy (non-hydrogen) atoms. The number of para-hydroxylation sites is 2. The largest absolute Gasteiger partial charge is 0.364 e. The molecule has 0 atom stereocenters. The van der Waals surface area contributed by atoms with Crippen molar-refractivity contribution in [3.63, 3.8) is 0 Å². The number of nitrogens with zero attached hydrogens (tertiary/aromatic N) is 6. The number of hydrogen-bond acceptors (Lipinski definition) is 8. The average molecular weight is 729 g/mol. The maximum Gasteiger partial charge on any atom is 0.277 e. The lowest BCUT2D eigenvalue weighted by Gasteiger charge is -2.38. The van der Waals surface area contributed by atoms with Gasteiger partial charge in [-0.1, -0.05) is 42.8 Å². The Labute approximate surface area is 315 Å². The zero-order chi connectivity index (χ0) is 37.1. The van der Waals surface area contributed by atoms with Crippen LogP contribution in [0, 0.1) is 0 Å². The first-order valence-electron chi connectivity index (χ1n) is 19.6. The summed E-state index contributed by atoms with van der Waals surface area (Å²) >= 11 is 0. The Morgan fingerprint density at radius 3 is 1.30 bits per heavy atom. The summed E-state index contributed by atoms with van der Waals surface area (Å²) in [5.74, 6) is -0.922. The third-order valence-corrected chi connectivity index (χ3v) is 12.3. The monoisotopic (exact) mass is 728 g/mol. The highest BCUT2D eigenvalue weighted by Crippen LogP contribution is 2.40. The summed E-state index contributed by atoms with van der Waals surface area (Å²) < 4.78 is 0. The van der Waals surface area contributed by atoms with Crippen molar-refractivity contribution in [1.82, 2.24) is 39.4 Å². The van der Waals surface area contributed by atoms with Crippen LogP contribution in [0.4, 0.5) is 0 Å². The van der Waals surface area contributed by atoms with Crippen LogP contribution in [0.25, 0.3) is 33.0 Å². The number of fused-ring (bicyclic) bond motifs is 4. The molecule has 2 N–H and O–H groups in total. The third kappa shape index (κ3) is 5.74. The molecule has 2 aromatic carbocycles. The van der Waals surface area contributed by atoms with E-state index in [0.29, 0.717) is 48.7 Å². The Hall–Kier alpha value is -5.20. The van der Waals surface area contributed by atoms with Crippen LogP contribution in [0.2, 0.25) is 0 Å². The van der Waals surface area contributed by atoms with Gasteiger partial charge in [0.05, 0.1) is 11.1 Å². The van der Waals surface area contributed by atoms with Gasteiger partial charge in [-0.3, -0.25) is 38.8 Å². The van der Waals surface area contributed by atoms with E-state index in [2.05, 4.69) is 29.6 Å². The van der Waals surface area contributed by atoms with E-state index in [9.17, 15) is 19.2 Å². The predicted octanol–water partition coefficient (Wildman–Crippen LogP) is 3.66. The Morgan fingerprint density at radius 1 is 0.463 bits per heavy atom. The summed E-state index contributed by atoms with van der Waals surface area (Å²) in [5, 5.41) is 1.92. The fourth-order valence-corrected chi connectivity index (χ4v) is 9.32. The number of aryl methyl sites for hydroxylation is 2. The highest BCUT2D eigenvalue weighted by Gasteiger charge is 2.43. The Bertz CT molecular complexity index is 2090. The van der Waals surface area contributed by atoms with Crippen molar-refractivity contribution in [2.24, 2.45) is 0 Å². The first kappa shape index (κ1) is 34.6. The second-order valence-electron chi connectivity index (χ2n) is 15.4. The highest BCUT2D eigenvalue weighted by atomic mass is 16.2. The van der Waals surface area contributed by atoms with Gasteiger partial charge >= 0.3 is 0 Å². The van der Waals surface area contributed by atoms with Crippen LogP contribution in [0.3, 0.4) is 0 Å². The topological polar surface area (TPSA) is 119 Å². The van der Waals surface area contributed by atoms with Crippen molar-refractivity contribution in [2.45, 2.75) is 38.5 Å². The van der Waals surface area contributed by atoms with Crippen molar-refractivity contribution >= 4 is 56.6 Å². The van der Waals surface area contributed by atoms with Gasteiger partial charge in [-0.2, -0.15) is 0 Å². The number of H-pyrrole nitrogens is 2. The molecule has 2 saturated heterocycles. The number of nitrogens with one attached hydrogen (secondary N) is 2. The van der Waals surface area contributed by atoms with Crippen LogP contribution in [-0.2, 0) is 32.0 Å². The van der Waals surface area contributed by atoms with Gasteiger partial charge in [0.15, 0.2) is 0 Å². The molecular weight excluding hydrogens is 681 g/mol. The minimum Gasteiger partial charge on any atom is -0.364 e. The van der Waals surface area contributed by atoms with Gasteiger partial charge in [-0.25, -0.2) is 0 Å². The number of imide groups is 2. The Morgan fingerprint density at radius 2 is 0.870 bits per heavy atom. The maximum atomic E-state index is 14.0. The van der Waals surface area contributed by atoms with Crippen molar-refractivity contribution in [1.29, 1.82) is 0 Å². The molecule has 0 radical (unpaired) electrons. The average Bonchev–Trinajstić information content (AvgIpc) is 3.87. The van der Waals surface area contributed by atoms with Crippen molar-refractivity contribution in [3.8, 4) is 0 Å². The molecule has 7 aliphatic rings. The number of carbonyl (C=O) groups is 4. The molecule has 0 unspecified atom stereocenters. The second kappa shape index (κ2) is 13.9. The Balaban J connectivity index is 1.08. The molecule has 0 aliphatic carbocycles. The molecule has 2 fully saturated rings. The first-order chi connectivity index (χ1) is 26.3. The smallest absolute Gasteiger partial charge is 0.277 e. The van der Waals surface area contributed by atoms with Gasteiger partial charge in [-0.15, -0.1) is 0 Å². The van der Waals surface area contributed by atoms with Crippen LogP contribution in [0.1, 0.15) is 48.2 Å². The zero-order valence-electron chi connectivity index (χ0n) is 31.2. The molecule has 4 bridgehead atoms. The second-order valence-corrected chi connectivity index (χ2v) is 15.4.